The maximum absolute atomic E-state index is 11.5. The Hall–Kier alpha value is -2.07. The highest BCUT2D eigenvalue weighted by Gasteiger charge is 2.18. The van der Waals surface area contributed by atoms with Crippen LogP contribution in [0.25, 0.3) is 10.9 Å². The van der Waals surface area contributed by atoms with E-state index < -0.39 is 5.97 Å². The van der Waals surface area contributed by atoms with Crippen molar-refractivity contribution >= 4 is 32.8 Å². The molecule has 3 rings (SSSR count). The van der Waals surface area contributed by atoms with Crippen LogP contribution >= 0.6 is 15.9 Å². The van der Waals surface area contributed by atoms with Gasteiger partial charge in [-0.2, -0.15) is 0 Å². The molecule has 0 aliphatic rings. The van der Waals surface area contributed by atoms with Crippen LogP contribution in [0.15, 0.2) is 53.0 Å². The van der Waals surface area contributed by atoms with Crippen molar-refractivity contribution in [3.63, 3.8) is 0 Å². The van der Waals surface area contributed by atoms with Gasteiger partial charge in [-0.15, -0.1) is 0 Å². The van der Waals surface area contributed by atoms with Gasteiger partial charge >= 0.3 is 5.97 Å². The summed E-state index contributed by atoms with van der Waals surface area (Å²) in [6.07, 6.45) is 0. The van der Waals surface area contributed by atoms with Gasteiger partial charge in [-0.25, -0.2) is 4.79 Å². The topological polar surface area (TPSA) is 42.2 Å². The molecule has 1 heterocycles. The molecule has 0 amide bonds. The predicted molar refractivity (Wildman–Crippen MR) is 86.9 cm³/mol. The summed E-state index contributed by atoms with van der Waals surface area (Å²) in [6, 6.07) is 15.7. The van der Waals surface area contributed by atoms with Gasteiger partial charge in [0.05, 0.1) is 5.56 Å². The van der Waals surface area contributed by atoms with E-state index >= 15 is 0 Å². The lowest BCUT2D eigenvalue weighted by molar-refractivity contribution is 0.0698. The highest BCUT2D eigenvalue weighted by Crippen LogP contribution is 2.27. The number of carbonyl (C=O) groups is 1. The normalized spacial score (nSPS) is 11.0. The van der Waals surface area contributed by atoms with Crippen molar-refractivity contribution in [3.8, 4) is 0 Å². The van der Waals surface area contributed by atoms with Crippen LogP contribution in [-0.2, 0) is 6.54 Å². The molecule has 1 N–H and O–H groups in total. The number of hydrogen-bond donors (Lipinski definition) is 1. The number of rotatable bonds is 3. The predicted octanol–water partition coefficient (Wildman–Crippen LogP) is 4.46. The molecule has 0 aliphatic carbocycles. The average molecular weight is 344 g/mol. The zero-order valence-corrected chi connectivity index (χ0v) is 13.1. The minimum absolute atomic E-state index is 0.389. The molecule has 0 atom stereocenters. The summed E-state index contributed by atoms with van der Waals surface area (Å²) >= 11 is 3.47. The number of para-hydroxylation sites is 1. The van der Waals surface area contributed by atoms with Gasteiger partial charge in [0.15, 0.2) is 0 Å². The van der Waals surface area contributed by atoms with E-state index in [0.29, 0.717) is 12.1 Å². The van der Waals surface area contributed by atoms with Gasteiger partial charge in [0, 0.05) is 27.6 Å². The van der Waals surface area contributed by atoms with Crippen LogP contribution in [0.4, 0.5) is 0 Å². The number of aromatic nitrogens is 1. The number of aromatic carboxylic acids is 1. The average Bonchev–Trinajstić information content (AvgIpc) is 2.72. The second-order valence-electron chi connectivity index (χ2n) is 5.00. The number of hydrogen-bond acceptors (Lipinski definition) is 1. The number of benzene rings is 2. The number of carboxylic acid groups (broad SMARTS) is 1. The largest absolute Gasteiger partial charge is 0.478 e. The first-order chi connectivity index (χ1) is 10.1. The maximum atomic E-state index is 11.5. The lowest BCUT2D eigenvalue weighted by Crippen LogP contribution is -2.04. The van der Waals surface area contributed by atoms with E-state index in [2.05, 4.69) is 26.6 Å². The molecule has 3 aromatic rings. The van der Waals surface area contributed by atoms with Crippen LogP contribution in [-0.4, -0.2) is 15.6 Å². The van der Waals surface area contributed by atoms with Crippen LogP contribution in [0.5, 0.6) is 0 Å². The summed E-state index contributed by atoms with van der Waals surface area (Å²) < 4.78 is 3.08. The van der Waals surface area contributed by atoms with E-state index in [1.54, 1.807) is 0 Å². The molecule has 0 aliphatic heterocycles. The molecule has 21 heavy (non-hydrogen) atoms. The molecule has 0 radical (unpaired) electrons. The molecule has 2 aromatic carbocycles. The summed E-state index contributed by atoms with van der Waals surface area (Å²) in [6.45, 7) is 2.51. The molecule has 106 valence electrons. The second-order valence-corrected chi connectivity index (χ2v) is 5.91. The van der Waals surface area contributed by atoms with Crippen molar-refractivity contribution in [2.24, 2.45) is 0 Å². The van der Waals surface area contributed by atoms with E-state index in [9.17, 15) is 9.90 Å². The highest BCUT2D eigenvalue weighted by molar-refractivity contribution is 9.10. The van der Waals surface area contributed by atoms with Gasteiger partial charge in [-0.05, 0) is 30.7 Å². The van der Waals surface area contributed by atoms with Crippen LogP contribution < -0.4 is 0 Å². The number of halogens is 1. The van der Waals surface area contributed by atoms with Crippen LogP contribution in [0, 0.1) is 6.92 Å². The molecular formula is C17H14BrNO2. The second kappa shape index (κ2) is 5.37. The Balaban J connectivity index is 2.18. The first-order valence-corrected chi connectivity index (χ1v) is 7.43. The zero-order chi connectivity index (χ0) is 15.0. The molecule has 0 saturated heterocycles. The minimum atomic E-state index is -0.878. The number of fused-ring (bicyclic) bond motifs is 1. The Kier molecular flexibility index (Phi) is 3.55. The van der Waals surface area contributed by atoms with Crippen molar-refractivity contribution < 1.29 is 9.90 Å². The van der Waals surface area contributed by atoms with E-state index in [-0.39, 0.29) is 0 Å². The monoisotopic (exact) mass is 343 g/mol. The fourth-order valence-corrected chi connectivity index (χ4v) is 3.17. The van der Waals surface area contributed by atoms with Gasteiger partial charge in [0.2, 0.25) is 0 Å². The molecule has 0 saturated carbocycles. The highest BCUT2D eigenvalue weighted by atomic mass is 79.9. The Morgan fingerprint density at radius 2 is 1.95 bits per heavy atom. The van der Waals surface area contributed by atoms with E-state index in [1.807, 2.05) is 49.4 Å². The van der Waals surface area contributed by atoms with Crippen LogP contribution in [0.2, 0.25) is 0 Å². The number of carboxylic acids is 1. The van der Waals surface area contributed by atoms with Gasteiger partial charge < -0.3 is 9.67 Å². The molecular weight excluding hydrogens is 330 g/mol. The van der Waals surface area contributed by atoms with Crippen LogP contribution in [0.1, 0.15) is 21.6 Å². The third-order valence-electron chi connectivity index (χ3n) is 3.67. The third-order valence-corrected chi connectivity index (χ3v) is 4.17. The van der Waals surface area contributed by atoms with Crippen molar-refractivity contribution in [3.05, 3.63) is 69.8 Å². The first-order valence-electron chi connectivity index (χ1n) is 6.63. The summed E-state index contributed by atoms with van der Waals surface area (Å²) in [5.41, 5.74) is 3.25. The standard InChI is InChI=1S/C17H14BrNO2/c1-11-16(17(20)21)14-7-2-3-8-15(14)19(11)10-12-5-4-6-13(18)9-12/h2-9H,10H2,1H3,(H,20,21). The van der Waals surface area contributed by atoms with Gasteiger partial charge in [-0.1, -0.05) is 46.3 Å². The Bertz CT molecular complexity index is 836. The molecule has 4 heteroatoms. The van der Waals surface area contributed by atoms with Gasteiger partial charge in [-0.3, -0.25) is 0 Å². The van der Waals surface area contributed by atoms with E-state index in [0.717, 1.165) is 26.6 Å². The molecule has 3 nitrogen and oxygen atoms in total. The van der Waals surface area contributed by atoms with Gasteiger partial charge in [0.25, 0.3) is 0 Å². The summed E-state index contributed by atoms with van der Waals surface area (Å²) in [5, 5.41) is 10.3. The summed E-state index contributed by atoms with van der Waals surface area (Å²) in [5.74, 6) is -0.878. The number of nitrogens with zero attached hydrogens (tertiary/aromatic N) is 1. The third kappa shape index (κ3) is 2.47. The van der Waals surface area contributed by atoms with Crippen molar-refractivity contribution in [1.29, 1.82) is 0 Å². The molecule has 0 spiro atoms. The Labute approximate surface area is 131 Å². The molecule has 1 aromatic heterocycles. The lowest BCUT2D eigenvalue weighted by atomic mass is 10.1. The Morgan fingerprint density at radius 1 is 1.19 bits per heavy atom. The SMILES string of the molecule is Cc1c(C(=O)O)c2ccccc2n1Cc1cccc(Br)c1. The molecule has 0 fully saturated rings. The Morgan fingerprint density at radius 3 is 2.67 bits per heavy atom. The van der Waals surface area contributed by atoms with Crippen molar-refractivity contribution in [1.82, 2.24) is 4.57 Å². The van der Waals surface area contributed by atoms with Crippen molar-refractivity contribution in [2.75, 3.05) is 0 Å². The van der Waals surface area contributed by atoms with Gasteiger partial charge in [0.1, 0.15) is 0 Å². The lowest BCUT2D eigenvalue weighted by Gasteiger charge is -2.09. The quantitative estimate of drug-likeness (QED) is 0.762. The smallest absolute Gasteiger partial charge is 0.338 e. The molecule has 0 bridgehead atoms. The van der Waals surface area contributed by atoms with Crippen LogP contribution in [0.3, 0.4) is 0 Å². The fourth-order valence-electron chi connectivity index (χ4n) is 2.72. The van der Waals surface area contributed by atoms with E-state index in [1.165, 1.54) is 0 Å². The fraction of sp³-hybridized carbons (Fsp3) is 0.118. The first kappa shape index (κ1) is 13.9. The summed E-state index contributed by atoms with van der Waals surface area (Å²) in [7, 11) is 0. The summed E-state index contributed by atoms with van der Waals surface area (Å²) in [4.78, 5) is 11.5. The minimum Gasteiger partial charge on any atom is -0.478 e. The van der Waals surface area contributed by atoms with E-state index in [4.69, 9.17) is 0 Å². The van der Waals surface area contributed by atoms with Crippen molar-refractivity contribution in [2.45, 2.75) is 13.5 Å². The molecule has 0 unspecified atom stereocenters. The zero-order valence-electron chi connectivity index (χ0n) is 11.5. The maximum Gasteiger partial charge on any atom is 0.338 e.